The molecular weight excluding hydrogens is 474 g/mol. The van der Waals surface area contributed by atoms with E-state index < -0.39 is 23.5 Å². The third-order valence-corrected chi connectivity index (χ3v) is 6.84. The van der Waals surface area contributed by atoms with E-state index in [1.807, 2.05) is 30.3 Å². The Morgan fingerprint density at radius 2 is 1.91 bits per heavy atom. The Hall–Kier alpha value is -3.06. The van der Waals surface area contributed by atoms with E-state index in [2.05, 4.69) is 15.9 Å². The zero-order valence-corrected chi connectivity index (χ0v) is 19.1. The van der Waals surface area contributed by atoms with Crippen LogP contribution in [0.1, 0.15) is 47.8 Å². The number of hydrogen-bond donors (Lipinski definition) is 1. The first-order chi connectivity index (χ1) is 15.5. The number of hydrogen-bond acceptors (Lipinski definition) is 5. The lowest BCUT2D eigenvalue weighted by Crippen LogP contribution is -2.38. The van der Waals surface area contributed by atoms with Gasteiger partial charge in [0.15, 0.2) is 11.5 Å². The van der Waals surface area contributed by atoms with Crippen molar-refractivity contribution in [2.45, 2.75) is 37.8 Å². The highest BCUT2D eigenvalue weighted by Gasteiger charge is 2.48. The first kappa shape index (κ1) is 20.8. The average molecular weight is 496 g/mol. The second kappa shape index (κ2) is 8.13. The van der Waals surface area contributed by atoms with Gasteiger partial charge in [-0.1, -0.05) is 47.0 Å². The van der Waals surface area contributed by atoms with Gasteiger partial charge >= 0.3 is 0 Å². The molecule has 0 spiro atoms. The highest BCUT2D eigenvalue weighted by atomic mass is 79.9. The number of carbonyl (C=O) groups is 2. The van der Waals surface area contributed by atoms with Crippen molar-refractivity contribution < 1.29 is 23.8 Å². The van der Waals surface area contributed by atoms with Crippen LogP contribution in [0.4, 0.5) is 0 Å². The summed E-state index contributed by atoms with van der Waals surface area (Å²) in [6.45, 7) is 0. The second-order valence-corrected chi connectivity index (χ2v) is 9.10. The molecule has 0 radical (unpaired) electrons. The van der Waals surface area contributed by atoms with Crippen molar-refractivity contribution in [1.29, 1.82) is 0 Å². The summed E-state index contributed by atoms with van der Waals surface area (Å²) in [5.41, 5.74) is 1.26. The normalized spacial score (nSPS) is 19.4. The number of nitrogens with zero attached hydrogens (tertiary/aromatic N) is 1. The van der Waals surface area contributed by atoms with Crippen LogP contribution in [0.25, 0.3) is 11.0 Å². The van der Waals surface area contributed by atoms with Crippen molar-refractivity contribution in [1.82, 2.24) is 4.90 Å². The fraction of sp³-hybridized carbons (Fsp3) is 0.280. The van der Waals surface area contributed by atoms with E-state index in [9.17, 15) is 14.7 Å². The fourth-order valence-electron chi connectivity index (χ4n) is 4.87. The van der Waals surface area contributed by atoms with E-state index in [0.717, 1.165) is 35.5 Å². The molecule has 1 aromatic heterocycles. The Morgan fingerprint density at radius 1 is 1.16 bits per heavy atom. The Kier molecular flexibility index (Phi) is 5.29. The molecule has 1 saturated carbocycles. The predicted octanol–water partition coefficient (Wildman–Crippen LogP) is 5.72. The summed E-state index contributed by atoms with van der Waals surface area (Å²) >= 11 is 3.42. The van der Waals surface area contributed by atoms with Gasteiger partial charge in [-0.3, -0.25) is 9.59 Å². The molecule has 5 rings (SSSR count). The zero-order valence-electron chi connectivity index (χ0n) is 17.5. The minimum absolute atomic E-state index is 0.0320. The number of halogens is 1. The summed E-state index contributed by atoms with van der Waals surface area (Å²) in [6, 6.07) is 13.6. The molecule has 6 nitrogen and oxygen atoms in total. The number of furan rings is 1. The third kappa shape index (κ3) is 3.32. The zero-order chi connectivity index (χ0) is 22.4. The molecule has 1 aliphatic carbocycles. The van der Waals surface area contributed by atoms with Crippen molar-refractivity contribution in [3.05, 3.63) is 75.7 Å². The predicted molar refractivity (Wildman–Crippen MR) is 123 cm³/mol. The van der Waals surface area contributed by atoms with Crippen LogP contribution in [-0.2, 0) is 4.79 Å². The highest BCUT2D eigenvalue weighted by Crippen LogP contribution is 2.46. The molecule has 0 saturated heterocycles. The van der Waals surface area contributed by atoms with Gasteiger partial charge in [0.25, 0.3) is 5.91 Å². The molecule has 3 aromatic rings. The molecule has 0 bridgehead atoms. The maximum atomic E-state index is 13.7. The van der Waals surface area contributed by atoms with Crippen LogP contribution in [0.2, 0.25) is 0 Å². The smallest absolute Gasteiger partial charge is 0.290 e. The first-order valence-corrected chi connectivity index (χ1v) is 11.4. The lowest BCUT2D eigenvalue weighted by atomic mass is 9.93. The summed E-state index contributed by atoms with van der Waals surface area (Å²) < 4.78 is 12.2. The minimum Gasteiger partial charge on any atom is -0.503 e. The van der Waals surface area contributed by atoms with Crippen molar-refractivity contribution in [2.75, 3.05) is 7.11 Å². The Morgan fingerprint density at radius 3 is 2.66 bits per heavy atom. The number of benzene rings is 2. The molecule has 1 atom stereocenters. The van der Waals surface area contributed by atoms with E-state index in [4.69, 9.17) is 9.15 Å². The molecule has 32 heavy (non-hydrogen) atoms. The van der Waals surface area contributed by atoms with Gasteiger partial charge in [0, 0.05) is 21.5 Å². The first-order valence-electron chi connectivity index (χ1n) is 10.6. The minimum atomic E-state index is -0.741. The number of fused-ring (bicyclic) bond motifs is 1. The Balaban J connectivity index is 1.64. The molecule has 2 aliphatic rings. The van der Waals surface area contributed by atoms with Crippen molar-refractivity contribution in [2.24, 2.45) is 0 Å². The van der Waals surface area contributed by atoms with Gasteiger partial charge in [-0.05, 0) is 43.2 Å². The summed E-state index contributed by atoms with van der Waals surface area (Å²) in [5.74, 6) is -0.892. The monoisotopic (exact) mass is 495 g/mol. The van der Waals surface area contributed by atoms with Crippen LogP contribution in [0, 0.1) is 0 Å². The SMILES string of the molecule is COc1ccccc1C1C(C(=O)c2cc3cc(Br)ccc3o2)=C(O)C(=O)N1C1CCCC1. The van der Waals surface area contributed by atoms with Gasteiger partial charge in [-0.25, -0.2) is 0 Å². The number of ether oxygens (including phenoxy) is 1. The molecule has 2 heterocycles. The molecule has 1 fully saturated rings. The van der Waals surface area contributed by atoms with Crippen LogP contribution in [0.3, 0.4) is 0 Å². The van der Waals surface area contributed by atoms with Crippen molar-refractivity contribution in [3.63, 3.8) is 0 Å². The van der Waals surface area contributed by atoms with Crippen LogP contribution in [-0.4, -0.2) is 34.8 Å². The van der Waals surface area contributed by atoms with Crippen LogP contribution < -0.4 is 4.74 Å². The maximum Gasteiger partial charge on any atom is 0.290 e. The lowest BCUT2D eigenvalue weighted by molar-refractivity contribution is -0.131. The molecule has 1 N–H and O–H groups in total. The van der Waals surface area contributed by atoms with Gasteiger partial charge in [0.05, 0.1) is 18.7 Å². The lowest BCUT2D eigenvalue weighted by Gasteiger charge is -2.32. The summed E-state index contributed by atoms with van der Waals surface area (Å²) in [5, 5.41) is 11.7. The Labute approximate surface area is 193 Å². The van der Waals surface area contributed by atoms with Gasteiger partial charge in [-0.15, -0.1) is 0 Å². The van der Waals surface area contributed by atoms with E-state index in [0.29, 0.717) is 16.9 Å². The van der Waals surface area contributed by atoms with Crippen LogP contribution in [0.5, 0.6) is 5.75 Å². The number of carbonyl (C=O) groups excluding carboxylic acids is 2. The van der Waals surface area contributed by atoms with Crippen LogP contribution in [0.15, 0.2) is 68.8 Å². The molecule has 1 unspecified atom stereocenters. The quantitative estimate of drug-likeness (QED) is 0.457. The van der Waals surface area contributed by atoms with Crippen molar-refractivity contribution in [3.8, 4) is 5.75 Å². The van der Waals surface area contributed by atoms with E-state index in [1.165, 1.54) is 0 Å². The molecule has 164 valence electrons. The number of Topliss-reactive ketones (excluding diaryl/α,β-unsaturated/α-hetero) is 1. The van der Waals surface area contributed by atoms with E-state index in [-0.39, 0.29) is 17.4 Å². The third-order valence-electron chi connectivity index (χ3n) is 6.34. The topological polar surface area (TPSA) is 80.0 Å². The number of aliphatic hydroxyl groups is 1. The molecular formula is C25H22BrNO5. The van der Waals surface area contributed by atoms with E-state index in [1.54, 1.807) is 30.2 Å². The van der Waals surface area contributed by atoms with Gasteiger partial charge in [0.1, 0.15) is 11.3 Å². The summed E-state index contributed by atoms with van der Waals surface area (Å²) in [6.07, 6.45) is 3.70. The van der Waals surface area contributed by atoms with Crippen LogP contribution >= 0.6 is 15.9 Å². The number of methoxy groups -OCH3 is 1. The summed E-state index contributed by atoms with van der Waals surface area (Å²) in [4.78, 5) is 28.5. The van der Waals surface area contributed by atoms with Gasteiger partial charge in [0.2, 0.25) is 5.78 Å². The number of rotatable bonds is 5. The number of aliphatic hydroxyl groups excluding tert-OH is 1. The summed E-state index contributed by atoms with van der Waals surface area (Å²) in [7, 11) is 1.55. The van der Waals surface area contributed by atoms with Gasteiger partial charge in [-0.2, -0.15) is 0 Å². The van der Waals surface area contributed by atoms with Gasteiger partial charge < -0.3 is 19.2 Å². The molecule has 1 amide bonds. The Bertz CT molecular complexity index is 1250. The number of amides is 1. The largest absolute Gasteiger partial charge is 0.503 e. The number of ketones is 1. The van der Waals surface area contributed by atoms with E-state index >= 15 is 0 Å². The standard InChI is InChI=1S/C25H22BrNO5/c1-31-19-9-5-4-8-17(19)22-21(24(29)25(30)27(22)16-6-2-3-7-16)23(28)20-13-14-12-15(26)10-11-18(14)32-20/h4-5,8-13,16,22,29H,2-3,6-7H2,1H3. The molecule has 1 aliphatic heterocycles. The number of para-hydroxylation sites is 1. The second-order valence-electron chi connectivity index (χ2n) is 8.18. The molecule has 7 heteroatoms. The molecule has 2 aromatic carbocycles. The van der Waals surface area contributed by atoms with Crippen molar-refractivity contribution >= 4 is 38.6 Å². The highest BCUT2D eigenvalue weighted by molar-refractivity contribution is 9.10. The average Bonchev–Trinajstić information content (AvgIpc) is 3.52. The fourth-order valence-corrected chi connectivity index (χ4v) is 5.25. The maximum absolute atomic E-state index is 13.7.